The molecule has 18 heavy (non-hydrogen) atoms. The summed E-state index contributed by atoms with van der Waals surface area (Å²) in [6, 6.07) is 1.82. The molecule has 1 heterocycles. The van der Waals surface area contributed by atoms with Gasteiger partial charge in [-0.05, 0) is 25.5 Å². The van der Waals surface area contributed by atoms with Gasteiger partial charge in [-0.1, -0.05) is 0 Å². The van der Waals surface area contributed by atoms with Crippen molar-refractivity contribution in [3.05, 3.63) is 29.6 Å². The van der Waals surface area contributed by atoms with Crippen molar-refractivity contribution >= 4 is 5.91 Å². The number of aliphatic hydroxyl groups excluding tert-OH is 1. The molecule has 1 unspecified atom stereocenters. The molecule has 0 bridgehead atoms. The van der Waals surface area contributed by atoms with Crippen molar-refractivity contribution in [2.75, 3.05) is 6.54 Å². The number of amides is 1. The molecular weight excluding hydrogens is 249 g/mol. The summed E-state index contributed by atoms with van der Waals surface area (Å²) in [4.78, 5) is 14.9. The van der Waals surface area contributed by atoms with Gasteiger partial charge in [-0.2, -0.15) is 13.2 Å². The normalized spacial score (nSPS) is 13.2. The summed E-state index contributed by atoms with van der Waals surface area (Å²) in [6.07, 6.45) is -4.03. The van der Waals surface area contributed by atoms with Crippen molar-refractivity contribution in [2.45, 2.75) is 25.6 Å². The molecule has 1 amide bonds. The Morgan fingerprint density at radius 2 is 2.17 bits per heavy atom. The maximum Gasteiger partial charge on any atom is 0.417 e. The lowest BCUT2D eigenvalue weighted by Crippen LogP contribution is -2.27. The van der Waals surface area contributed by atoms with Crippen LogP contribution in [0.25, 0.3) is 0 Å². The first-order chi connectivity index (χ1) is 8.30. The van der Waals surface area contributed by atoms with Gasteiger partial charge in [0.15, 0.2) is 0 Å². The Labute approximate surface area is 102 Å². The van der Waals surface area contributed by atoms with Crippen LogP contribution in [0.5, 0.6) is 0 Å². The number of pyridine rings is 1. The van der Waals surface area contributed by atoms with Gasteiger partial charge in [0.05, 0.1) is 11.7 Å². The first-order valence-electron chi connectivity index (χ1n) is 5.30. The Bertz CT molecular complexity index is 402. The molecule has 7 heteroatoms. The number of nitrogens with one attached hydrogen (secondary N) is 1. The molecule has 0 aliphatic carbocycles. The molecule has 0 aromatic carbocycles. The van der Waals surface area contributed by atoms with E-state index in [9.17, 15) is 18.0 Å². The van der Waals surface area contributed by atoms with Gasteiger partial charge in [0, 0.05) is 12.7 Å². The van der Waals surface area contributed by atoms with Crippen molar-refractivity contribution in [1.29, 1.82) is 0 Å². The Morgan fingerprint density at radius 3 is 2.61 bits per heavy atom. The highest BCUT2D eigenvalue weighted by Gasteiger charge is 2.30. The maximum absolute atomic E-state index is 12.2. The van der Waals surface area contributed by atoms with E-state index in [4.69, 9.17) is 5.11 Å². The predicted molar refractivity (Wildman–Crippen MR) is 57.9 cm³/mol. The van der Waals surface area contributed by atoms with Crippen molar-refractivity contribution in [1.82, 2.24) is 10.3 Å². The van der Waals surface area contributed by atoms with Crippen LogP contribution >= 0.6 is 0 Å². The summed E-state index contributed by atoms with van der Waals surface area (Å²) in [6.45, 7) is 1.81. The SMILES string of the molecule is CC(O)CCNC(=O)c1ccc(C(F)(F)F)cn1. The molecule has 0 radical (unpaired) electrons. The fourth-order valence-electron chi connectivity index (χ4n) is 1.18. The highest BCUT2D eigenvalue weighted by atomic mass is 19.4. The second-order valence-corrected chi connectivity index (χ2v) is 3.82. The molecule has 1 rings (SSSR count). The van der Waals surface area contributed by atoms with E-state index in [0.717, 1.165) is 12.1 Å². The van der Waals surface area contributed by atoms with Crippen LogP contribution < -0.4 is 5.32 Å². The van der Waals surface area contributed by atoms with Crippen molar-refractivity contribution < 1.29 is 23.1 Å². The summed E-state index contributed by atoms with van der Waals surface area (Å²) in [5.74, 6) is -0.565. The van der Waals surface area contributed by atoms with Crippen molar-refractivity contribution in [3.8, 4) is 0 Å². The van der Waals surface area contributed by atoms with Crippen molar-refractivity contribution in [3.63, 3.8) is 0 Å². The molecule has 0 spiro atoms. The summed E-state index contributed by atoms with van der Waals surface area (Å²) in [5.41, 5.74) is -0.989. The lowest BCUT2D eigenvalue weighted by molar-refractivity contribution is -0.137. The molecule has 0 fully saturated rings. The monoisotopic (exact) mass is 262 g/mol. The van der Waals surface area contributed by atoms with Gasteiger partial charge in [-0.15, -0.1) is 0 Å². The van der Waals surface area contributed by atoms with E-state index < -0.39 is 23.8 Å². The molecule has 0 saturated carbocycles. The van der Waals surface area contributed by atoms with Gasteiger partial charge in [-0.25, -0.2) is 0 Å². The third kappa shape index (κ3) is 4.33. The maximum atomic E-state index is 12.2. The van der Waals surface area contributed by atoms with Crippen LogP contribution in [0.2, 0.25) is 0 Å². The number of alkyl halides is 3. The Kier molecular flexibility index (Phi) is 4.66. The van der Waals surface area contributed by atoms with Crippen molar-refractivity contribution in [2.24, 2.45) is 0 Å². The number of hydrogen-bond donors (Lipinski definition) is 2. The van der Waals surface area contributed by atoms with Crippen LogP contribution in [-0.4, -0.2) is 28.6 Å². The third-order valence-electron chi connectivity index (χ3n) is 2.17. The molecule has 1 atom stereocenters. The Hall–Kier alpha value is -1.63. The van der Waals surface area contributed by atoms with Gasteiger partial charge in [0.25, 0.3) is 5.91 Å². The van der Waals surface area contributed by atoms with E-state index >= 15 is 0 Å². The number of rotatable bonds is 4. The lowest BCUT2D eigenvalue weighted by Gasteiger charge is -2.08. The van der Waals surface area contributed by atoms with Crippen LogP contribution in [0.3, 0.4) is 0 Å². The van der Waals surface area contributed by atoms with Gasteiger partial charge >= 0.3 is 6.18 Å². The number of nitrogens with zero attached hydrogens (tertiary/aromatic N) is 1. The Morgan fingerprint density at radius 1 is 1.50 bits per heavy atom. The van der Waals surface area contributed by atoms with E-state index in [0.29, 0.717) is 12.6 Å². The molecule has 1 aromatic rings. The van der Waals surface area contributed by atoms with Crippen LogP contribution in [-0.2, 0) is 6.18 Å². The standard InChI is InChI=1S/C11H13F3N2O2/c1-7(17)4-5-15-10(18)9-3-2-8(6-16-9)11(12,13)14/h2-3,6-7,17H,4-5H2,1H3,(H,15,18). The minimum atomic E-state index is -4.46. The second-order valence-electron chi connectivity index (χ2n) is 3.82. The molecule has 0 saturated heterocycles. The fraction of sp³-hybridized carbons (Fsp3) is 0.455. The largest absolute Gasteiger partial charge is 0.417 e. The number of hydrogen-bond acceptors (Lipinski definition) is 3. The highest BCUT2D eigenvalue weighted by Crippen LogP contribution is 2.28. The third-order valence-corrected chi connectivity index (χ3v) is 2.17. The van der Waals surface area contributed by atoms with E-state index in [1.165, 1.54) is 0 Å². The van der Waals surface area contributed by atoms with Crippen LogP contribution in [0.15, 0.2) is 18.3 Å². The molecule has 1 aromatic heterocycles. The average molecular weight is 262 g/mol. The van der Waals surface area contributed by atoms with Crippen LogP contribution in [0.1, 0.15) is 29.4 Å². The Balaban J connectivity index is 2.60. The summed E-state index contributed by atoms with van der Waals surface area (Å²) in [5, 5.41) is 11.4. The average Bonchev–Trinajstić information content (AvgIpc) is 2.27. The minimum Gasteiger partial charge on any atom is -0.393 e. The smallest absolute Gasteiger partial charge is 0.393 e. The molecule has 0 aliphatic heterocycles. The molecule has 2 N–H and O–H groups in total. The van der Waals surface area contributed by atoms with Gasteiger partial charge < -0.3 is 10.4 Å². The van der Waals surface area contributed by atoms with Crippen LogP contribution in [0, 0.1) is 0 Å². The summed E-state index contributed by atoms with van der Waals surface area (Å²) < 4.78 is 36.7. The number of aromatic nitrogens is 1. The zero-order valence-electron chi connectivity index (χ0n) is 9.66. The fourth-order valence-corrected chi connectivity index (χ4v) is 1.18. The summed E-state index contributed by atoms with van der Waals surface area (Å²) in [7, 11) is 0. The molecular formula is C11H13F3N2O2. The van der Waals surface area contributed by atoms with E-state index in [1.807, 2.05) is 0 Å². The van der Waals surface area contributed by atoms with Crippen LogP contribution in [0.4, 0.5) is 13.2 Å². The molecule has 100 valence electrons. The zero-order valence-corrected chi connectivity index (χ0v) is 9.66. The van der Waals surface area contributed by atoms with E-state index in [2.05, 4.69) is 10.3 Å². The lowest BCUT2D eigenvalue weighted by atomic mass is 10.2. The first kappa shape index (κ1) is 14.4. The van der Waals surface area contributed by atoms with Gasteiger partial charge in [-0.3, -0.25) is 9.78 Å². The minimum absolute atomic E-state index is 0.0893. The topological polar surface area (TPSA) is 62.2 Å². The summed E-state index contributed by atoms with van der Waals surface area (Å²) >= 11 is 0. The predicted octanol–water partition coefficient (Wildman–Crippen LogP) is 1.60. The first-order valence-corrected chi connectivity index (χ1v) is 5.30. The van der Waals surface area contributed by atoms with E-state index in [-0.39, 0.29) is 12.2 Å². The highest BCUT2D eigenvalue weighted by molar-refractivity contribution is 5.92. The zero-order chi connectivity index (χ0) is 13.8. The second kappa shape index (κ2) is 5.81. The van der Waals surface area contributed by atoms with Gasteiger partial charge in [0.2, 0.25) is 0 Å². The number of carbonyl (C=O) groups is 1. The quantitative estimate of drug-likeness (QED) is 0.866. The molecule has 4 nitrogen and oxygen atoms in total. The number of halogens is 3. The van der Waals surface area contributed by atoms with E-state index in [1.54, 1.807) is 6.92 Å². The molecule has 0 aliphatic rings. The van der Waals surface area contributed by atoms with Gasteiger partial charge in [0.1, 0.15) is 5.69 Å². The number of aliphatic hydroxyl groups is 1. The number of carbonyl (C=O) groups excluding carboxylic acids is 1.